The second kappa shape index (κ2) is 7.50. The van der Waals surface area contributed by atoms with Crippen LogP contribution < -0.4 is 5.32 Å². The predicted molar refractivity (Wildman–Crippen MR) is 100 cm³/mol. The third-order valence-corrected chi connectivity index (χ3v) is 5.15. The van der Waals surface area contributed by atoms with Crippen molar-refractivity contribution in [2.24, 2.45) is 5.92 Å². The minimum Gasteiger partial charge on any atom is -0.348 e. The van der Waals surface area contributed by atoms with Gasteiger partial charge in [0.05, 0.1) is 6.54 Å². The van der Waals surface area contributed by atoms with Gasteiger partial charge in [0, 0.05) is 30.2 Å². The van der Waals surface area contributed by atoms with Crippen LogP contribution in [0.15, 0.2) is 30.3 Å². The van der Waals surface area contributed by atoms with Crippen molar-refractivity contribution in [2.45, 2.75) is 39.9 Å². The molecule has 0 spiro atoms. The van der Waals surface area contributed by atoms with Crippen LogP contribution in [-0.2, 0) is 13.1 Å². The van der Waals surface area contributed by atoms with Gasteiger partial charge >= 0.3 is 0 Å². The number of aromatic nitrogens is 2. The summed E-state index contributed by atoms with van der Waals surface area (Å²) in [5.74, 6) is -0.0675. The van der Waals surface area contributed by atoms with E-state index in [1.807, 2.05) is 45.0 Å². The standard InChI is InChI=1S/C19H23ClN4O2/c1-12(2)13(3)21-18(25)16-10-17-19(26)23(8-9-24(17)22-16)11-14-6-4-5-7-15(14)20/h4-7,10,12-13H,8-9,11H2,1-3H3,(H,21,25)/t13-/m1/s1. The average molecular weight is 375 g/mol. The van der Waals surface area contributed by atoms with E-state index < -0.39 is 0 Å². The first kappa shape index (κ1) is 18.5. The molecule has 0 aliphatic carbocycles. The topological polar surface area (TPSA) is 67.2 Å². The zero-order valence-electron chi connectivity index (χ0n) is 15.2. The summed E-state index contributed by atoms with van der Waals surface area (Å²) in [6, 6.07) is 9.10. The molecule has 0 unspecified atom stereocenters. The van der Waals surface area contributed by atoms with Gasteiger partial charge in [0.25, 0.3) is 11.8 Å². The highest BCUT2D eigenvalue weighted by Crippen LogP contribution is 2.21. The van der Waals surface area contributed by atoms with E-state index in [-0.39, 0.29) is 23.6 Å². The molecule has 2 heterocycles. The first-order chi connectivity index (χ1) is 12.4. The number of hydrogen-bond donors (Lipinski definition) is 1. The van der Waals surface area contributed by atoms with Gasteiger partial charge in [-0.3, -0.25) is 14.3 Å². The second-order valence-electron chi connectivity index (χ2n) is 6.96. The zero-order chi connectivity index (χ0) is 18.8. The maximum Gasteiger partial charge on any atom is 0.272 e. The van der Waals surface area contributed by atoms with Gasteiger partial charge in [-0.2, -0.15) is 5.10 Å². The second-order valence-corrected chi connectivity index (χ2v) is 7.37. The van der Waals surface area contributed by atoms with Crippen LogP contribution in [0.3, 0.4) is 0 Å². The fraction of sp³-hybridized carbons (Fsp3) is 0.421. The Hall–Kier alpha value is -2.34. The maximum atomic E-state index is 12.8. The van der Waals surface area contributed by atoms with E-state index in [0.717, 1.165) is 5.56 Å². The quantitative estimate of drug-likeness (QED) is 0.874. The number of hydrogen-bond acceptors (Lipinski definition) is 3. The predicted octanol–water partition coefficient (Wildman–Crippen LogP) is 2.97. The number of rotatable bonds is 5. The monoisotopic (exact) mass is 374 g/mol. The minimum absolute atomic E-state index is 0.0358. The molecular weight excluding hydrogens is 352 g/mol. The van der Waals surface area contributed by atoms with Crippen LogP contribution in [0, 0.1) is 5.92 Å². The fourth-order valence-corrected chi connectivity index (χ4v) is 2.98. The SMILES string of the molecule is CC(C)[C@@H](C)NC(=O)c1cc2n(n1)CCN(Cc1ccccc1Cl)C2=O. The Labute approximate surface area is 158 Å². The molecule has 1 atom stereocenters. The van der Waals surface area contributed by atoms with Crippen LogP contribution in [0.5, 0.6) is 0 Å². The molecule has 138 valence electrons. The van der Waals surface area contributed by atoms with Crippen LogP contribution >= 0.6 is 11.6 Å². The number of amides is 2. The molecule has 0 saturated heterocycles. The third kappa shape index (κ3) is 3.75. The summed E-state index contributed by atoms with van der Waals surface area (Å²) in [7, 11) is 0. The van der Waals surface area contributed by atoms with E-state index in [9.17, 15) is 9.59 Å². The van der Waals surface area contributed by atoms with Crippen molar-refractivity contribution < 1.29 is 9.59 Å². The summed E-state index contributed by atoms with van der Waals surface area (Å²) in [6.07, 6.45) is 0. The van der Waals surface area contributed by atoms with Gasteiger partial charge in [-0.15, -0.1) is 0 Å². The summed E-state index contributed by atoms with van der Waals surface area (Å²) in [5.41, 5.74) is 1.62. The number of benzene rings is 1. The van der Waals surface area contributed by atoms with Crippen LogP contribution in [0.2, 0.25) is 5.02 Å². The maximum absolute atomic E-state index is 12.8. The molecule has 7 heteroatoms. The van der Waals surface area contributed by atoms with Crippen LogP contribution in [0.25, 0.3) is 0 Å². The fourth-order valence-electron chi connectivity index (χ4n) is 2.78. The van der Waals surface area contributed by atoms with E-state index in [1.165, 1.54) is 0 Å². The molecule has 0 saturated carbocycles. The van der Waals surface area contributed by atoms with Crippen LogP contribution in [0.1, 0.15) is 47.3 Å². The van der Waals surface area contributed by atoms with Gasteiger partial charge in [0.1, 0.15) is 5.69 Å². The average Bonchev–Trinajstić information content (AvgIpc) is 3.04. The summed E-state index contributed by atoms with van der Waals surface area (Å²) in [5, 5.41) is 7.87. The van der Waals surface area contributed by atoms with Gasteiger partial charge in [0.15, 0.2) is 5.69 Å². The summed E-state index contributed by atoms with van der Waals surface area (Å²) in [6.45, 7) is 7.56. The number of fused-ring (bicyclic) bond motifs is 1. The third-order valence-electron chi connectivity index (χ3n) is 4.78. The molecular formula is C19H23ClN4O2. The van der Waals surface area contributed by atoms with Gasteiger partial charge in [0.2, 0.25) is 0 Å². The van der Waals surface area contributed by atoms with Crippen molar-refractivity contribution in [1.82, 2.24) is 20.0 Å². The lowest BCUT2D eigenvalue weighted by molar-refractivity contribution is 0.0683. The Bertz CT molecular complexity index is 831. The first-order valence-electron chi connectivity index (χ1n) is 8.78. The van der Waals surface area contributed by atoms with Gasteiger partial charge in [-0.05, 0) is 24.5 Å². The summed E-state index contributed by atoms with van der Waals surface area (Å²) < 4.78 is 1.61. The normalized spacial score (nSPS) is 15.1. The molecule has 26 heavy (non-hydrogen) atoms. The molecule has 1 aliphatic rings. The van der Waals surface area contributed by atoms with Crippen molar-refractivity contribution in [3.05, 3.63) is 52.3 Å². The highest BCUT2D eigenvalue weighted by molar-refractivity contribution is 6.31. The smallest absolute Gasteiger partial charge is 0.272 e. The van der Waals surface area contributed by atoms with Gasteiger partial charge < -0.3 is 10.2 Å². The molecule has 1 aromatic carbocycles. The van der Waals surface area contributed by atoms with Crippen molar-refractivity contribution in [1.29, 1.82) is 0 Å². The first-order valence-corrected chi connectivity index (χ1v) is 9.16. The van der Waals surface area contributed by atoms with Crippen LogP contribution in [0.4, 0.5) is 0 Å². The molecule has 6 nitrogen and oxygen atoms in total. The van der Waals surface area contributed by atoms with Crippen LogP contribution in [-0.4, -0.2) is 39.1 Å². The van der Waals surface area contributed by atoms with Gasteiger partial charge in [-0.25, -0.2) is 0 Å². The van der Waals surface area contributed by atoms with Crippen molar-refractivity contribution >= 4 is 23.4 Å². The lowest BCUT2D eigenvalue weighted by Crippen LogP contribution is -2.39. The Morgan fingerprint density at radius 1 is 1.27 bits per heavy atom. The summed E-state index contributed by atoms with van der Waals surface area (Å²) >= 11 is 6.20. The highest BCUT2D eigenvalue weighted by atomic mass is 35.5. The number of carbonyl (C=O) groups is 2. The Morgan fingerprint density at radius 2 is 2.00 bits per heavy atom. The van der Waals surface area contributed by atoms with Crippen molar-refractivity contribution in [3.63, 3.8) is 0 Å². The van der Waals surface area contributed by atoms with Gasteiger partial charge in [-0.1, -0.05) is 43.6 Å². The van der Waals surface area contributed by atoms with E-state index in [0.29, 0.717) is 36.3 Å². The Kier molecular flexibility index (Phi) is 5.32. The lowest BCUT2D eigenvalue weighted by atomic mass is 10.1. The van der Waals surface area contributed by atoms with E-state index in [4.69, 9.17) is 11.6 Å². The molecule has 1 N–H and O–H groups in total. The molecule has 3 rings (SSSR count). The highest BCUT2D eigenvalue weighted by Gasteiger charge is 2.28. The number of nitrogens with zero attached hydrogens (tertiary/aromatic N) is 3. The number of carbonyl (C=O) groups excluding carboxylic acids is 2. The lowest BCUT2D eigenvalue weighted by Gasteiger charge is -2.27. The molecule has 0 fully saturated rings. The minimum atomic E-state index is -0.251. The Morgan fingerprint density at radius 3 is 2.69 bits per heavy atom. The molecule has 0 bridgehead atoms. The van der Waals surface area contributed by atoms with E-state index in [2.05, 4.69) is 10.4 Å². The molecule has 2 aromatic rings. The molecule has 2 amide bonds. The largest absolute Gasteiger partial charge is 0.348 e. The van der Waals surface area contributed by atoms with Crippen molar-refractivity contribution in [2.75, 3.05) is 6.54 Å². The summed E-state index contributed by atoms with van der Waals surface area (Å²) in [4.78, 5) is 26.9. The van der Waals surface area contributed by atoms with Crippen molar-refractivity contribution in [3.8, 4) is 0 Å². The molecule has 1 aromatic heterocycles. The number of nitrogens with one attached hydrogen (secondary N) is 1. The molecule has 1 aliphatic heterocycles. The van der Waals surface area contributed by atoms with E-state index in [1.54, 1.807) is 15.6 Å². The zero-order valence-corrected chi connectivity index (χ0v) is 16.0. The van der Waals surface area contributed by atoms with E-state index >= 15 is 0 Å². The number of halogens is 1. The molecule has 0 radical (unpaired) electrons. The Balaban J connectivity index is 1.75.